The van der Waals surface area contributed by atoms with Crippen LogP contribution in [0, 0.1) is 5.92 Å². The molecule has 0 radical (unpaired) electrons. The third-order valence-corrected chi connectivity index (χ3v) is 5.84. The molecule has 0 spiro atoms. The molecule has 3 aliphatic rings. The van der Waals surface area contributed by atoms with Gasteiger partial charge in [-0.25, -0.2) is 9.97 Å². The first-order valence-electron chi connectivity index (χ1n) is 9.11. The summed E-state index contributed by atoms with van der Waals surface area (Å²) in [7, 11) is 2.21. The average molecular weight is 329 g/mol. The fourth-order valence-corrected chi connectivity index (χ4v) is 4.57. The van der Waals surface area contributed by atoms with Gasteiger partial charge >= 0.3 is 0 Å². The van der Waals surface area contributed by atoms with Gasteiger partial charge in [0, 0.05) is 62.1 Å². The van der Waals surface area contributed by atoms with E-state index in [1.54, 1.807) is 6.92 Å². The lowest BCUT2D eigenvalue weighted by Gasteiger charge is -2.39. The normalized spacial score (nSPS) is 30.9. The Morgan fingerprint density at radius 2 is 1.79 bits per heavy atom. The van der Waals surface area contributed by atoms with Crippen molar-refractivity contribution in [1.82, 2.24) is 19.8 Å². The van der Waals surface area contributed by atoms with E-state index >= 15 is 0 Å². The van der Waals surface area contributed by atoms with Gasteiger partial charge in [-0.3, -0.25) is 9.69 Å². The van der Waals surface area contributed by atoms with E-state index in [1.807, 2.05) is 12.4 Å². The van der Waals surface area contributed by atoms with Crippen LogP contribution in [0.15, 0.2) is 12.4 Å². The van der Waals surface area contributed by atoms with Crippen molar-refractivity contribution in [1.29, 1.82) is 0 Å². The van der Waals surface area contributed by atoms with Crippen LogP contribution in [0.2, 0.25) is 0 Å². The molecule has 2 unspecified atom stereocenters. The summed E-state index contributed by atoms with van der Waals surface area (Å²) in [5.41, 5.74) is 1.14. The lowest BCUT2D eigenvalue weighted by atomic mass is 10.1. The van der Waals surface area contributed by atoms with E-state index in [0.29, 0.717) is 17.9 Å². The quantitative estimate of drug-likeness (QED) is 0.827. The average Bonchev–Trinajstić information content (AvgIpc) is 3.12. The summed E-state index contributed by atoms with van der Waals surface area (Å²) in [6.45, 7) is 6.65. The van der Waals surface area contributed by atoms with E-state index in [-0.39, 0.29) is 5.92 Å². The number of fused-ring (bicyclic) bond motifs is 2. The van der Waals surface area contributed by atoms with Crippen LogP contribution >= 0.6 is 0 Å². The number of Topliss-reactive ketones (excluding diaryl/α,β-unsaturated/α-hetero) is 1. The fourth-order valence-electron chi connectivity index (χ4n) is 4.57. The van der Waals surface area contributed by atoms with E-state index in [4.69, 9.17) is 0 Å². The van der Waals surface area contributed by atoms with E-state index in [0.717, 1.165) is 50.7 Å². The predicted octanol–water partition coefficient (Wildman–Crippen LogP) is 1.17. The Morgan fingerprint density at radius 1 is 1.12 bits per heavy atom. The summed E-state index contributed by atoms with van der Waals surface area (Å²) in [6, 6.07) is 1.13. The number of aromatic nitrogens is 2. The first-order valence-corrected chi connectivity index (χ1v) is 9.11. The minimum Gasteiger partial charge on any atom is -0.332 e. The van der Waals surface area contributed by atoms with Crippen LogP contribution in [-0.2, 0) is 11.3 Å². The number of carbonyl (C=O) groups is 1. The molecule has 0 aliphatic carbocycles. The fraction of sp³-hybridized carbons (Fsp3) is 0.722. The third kappa shape index (κ3) is 3.05. The lowest BCUT2D eigenvalue weighted by Crippen LogP contribution is -2.53. The van der Waals surface area contributed by atoms with Crippen molar-refractivity contribution in [3.05, 3.63) is 18.0 Å². The van der Waals surface area contributed by atoms with E-state index in [9.17, 15) is 4.79 Å². The molecule has 4 heterocycles. The molecule has 3 aliphatic heterocycles. The van der Waals surface area contributed by atoms with Gasteiger partial charge in [-0.05, 0) is 39.8 Å². The first-order chi connectivity index (χ1) is 11.6. The molecule has 1 aromatic heterocycles. The summed E-state index contributed by atoms with van der Waals surface area (Å²) < 4.78 is 0. The summed E-state index contributed by atoms with van der Waals surface area (Å²) in [6.07, 6.45) is 7.43. The molecule has 2 bridgehead atoms. The molecular weight excluding hydrogens is 302 g/mol. The van der Waals surface area contributed by atoms with Crippen molar-refractivity contribution in [3.8, 4) is 0 Å². The smallest absolute Gasteiger partial charge is 0.225 e. The molecule has 6 nitrogen and oxygen atoms in total. The van der Waals surface area contributed by atoms with Gasteiger partial charge in [0.15, 0.2) is 0 Å². The molecule has 0 saturated carbocycles. The Balaban J connectivity index is 1.40. The standard InChI is InChI=1S/C18H27N5O/c1-13(24)15-5-6-22(10-15)9-14-7-19-18(20-8-14)23-16-3-4-17(23)12-21(2)11-16/h7-8,15-17H,3-6,9-12H2,1-2H3/t15-,16?,17?/m0/s1. The predicted molar refractivity (Wildman–Crippen MR) is 92.9 cm³/mol. The molecule has 6 heteroatoms. The molecule has 0 aromatic carbocycles. The maximum atomic E-state index is 11.5. The van der Waals surface area contributed by atoms with E-state index in [1.165, 1.54) is 12.8 Å². The molecule has 3 atom stereocenters. The minimum absolute atomic E-state index is 0.214. The Labute approximate surface area is 143 Å². The molecular formula is C18H27N5O. The Bertz CT molecular complexity index is 590. The molecule has 130 valence electrons. The van der Waals surface area contributed by atoms with Gasteiger partial charge in [0.05, 0.1) is 0 Å². The second kappa shape index (κ2) is 6.41. The monoisotopic (exact) mass is 329 g/mol. The molecule has 3 saturated heterocycles. The minimum atomic E-state index is 0.214. The number of anilines is 1. The Kier molecular flexibility index (Phi) is 4.26. The van der Waals surface area contributed by atoms with Gasteiger partial charge < -0.3 is 9.80 Å². The molecule has 4 rings (SSSR count). The summed E-state index contributed by atoms with van der Waals surface area (Å²) in [4.78, 5) is 28.0. The van der Waals surface area contributed by atoms with Crippen LogP contribution < -0.4 is 4.90 Å². The first kappa shape index (κ1) is 16.0. The van der Waals surface area contributed by atoms with Crippen molar-refractivity contribution < 1.29 is 4.79 Å². The number of nitrogens with zero attached hydrogens (tertiary/aromatic N) is 5. The van der Waals surface area contributed by atoms with Crippen LogP contribution in [0.1, 0.15) is 31.7 Å². The number of carbonyl (C=O) groups excluding carboxylic acids is 1. The maximum Gasteiger partial charge on any atom is 0.225 e. The number of piperazine rings is 1. The van der Waals surface area contributed by atoms with Crippen molar-refractivity contribution in [2.75, 3.05) is 38.1 Å². The van der Waals surface area contributed by atoms with E-state index in [2.05, 4.69) is 31.7 Å². The summed E-state index contributed by atoms with van der Waals surface area (Å²) in [5, 5.41) is 0. The van der Waals surface area contributed by atoms with Crippen LogP contribution in [0.5, 0.6) is 0 Å². The highest BCUT2D eigenvalue weighted by Gasteiger charge is 2.40. The largest absolute Gasteiger partial charge is 0.332 e. The second-order valence-electron chi connectivity index (χ2n) is 7.74. The molecule has 24 heavy (non-hydrogen) atoms. The highest BCUT2D eigenvalue weighted by molar-refractivity contribution is 5.78. The molecule has 0 amide bonds. The number of ketones is 1. The van der Waals surface area contributed by atoms with Gasteiger partial charge in [-0.1, -0.05) is 0 Å². The molecule has 3 fully saturated rings. The number of rotatable bonds is 4. The van der Waals surface area contributed by atoms with Crippen LogP contribution in [0.3, 0.4) is 0 Å². The zero-order chi connectivity index (χ0) is 16.7. The van der Waals surface area contributed by atoms with Crippen molar-refractivity contribution in [3.63, 3.8) is 0 Å². The van der Waals surface area contributed by atoms with E-state index < -0.39 is 0 Å². The number of likely N-dealkylation sites (N-methyl/N-ethyl adjacent to an activating group) is 1. The number of hydrogen-bond acceptors (Lipinski definition) is 6. The maximum absolute atomic E-state index is 11.5. The highest BCUT2D eigenvalue weighted by Crippen LogP contribution is 2.32. The molecule has 0 N–H and O–H groups in total. The number of hydrogen-bond donors (Lipinski definition) is 0. The Hall–Kier alpha value is -1.53. The van der Waals surface area contributed by atoms with Crippen LogP contribution in [0.25, 0.3) is 0 Å². The second-order valence-corrected chi connectivity index (χ2v) is 7.74. The SMILES string of the molecule is CC(=O)[C@H]1CCN(Cc2cnc(N3C4CCC3CN(C)C4)nc2)C1. The van der Waals surface area contributed by atoms with Crippen LogP contribution in [0.4, 0.5) is 5.95 Å². The van der Waals surface area contributed by atoms with Gasteiger partial charge in [-0.15, -0.1) is 0 Å². The van der Waals surface area contributed by atoms with Crippen molar-refractivity contribution >= 4 is 11.7 Å². The lowest BCUT2D eigenvalue weighted by molar-refractivity contribution is -0.120. The Morgan fingerprint density at radius 3 is 2.38 bits per heavy atom. The van der Waals surface area contributed by atoms with Crippen molar-refractivity contribution in [2.45, 2.75) is 44.8 Å². The summed E-state index contributed by atoms with van der Waals surface area (Å²) in [5.74, 6) is 1.42. The highest BCUT2D eigenvalue weighted by atomic mass is 16.1. The van der Waals surface area contributed by atoms with Gasteiger partial charge in [0.2, 0.25) is 5.95 Å². The summed E-state index contributed by atoms with van der Waals surface area (Å²) >= 11 is 0. The van der Waals surface area contributed by atoms with Crippen LogP contribution in [-0.4, -0.2) is 70.9 Å². The van der Waals surface area contributed by atoms with Crippen molar-refractivity contribution in [2.24, 2.45) is 5.92 Å². The van der Waals surface area contributed by atoms with Gasteiger partial charge in [0.25, 0.3) is 0 Å². The topological polar surface area (TPSA) is 52.6 Å². The molecule has 1 aromatic rings. The third-order valence-electron chi connectivity index (χ3n) is 5.84. The number of likely N-dealkylation sites (tertiary alicyclic amines) is 2. The zero-order valence-corrected chi connectivity index (χ0v) is 14.7. The van der Waals surface area contributed by atoms with Gasteiger partial charge in [0.1, 0.15) is 5.78 Å². The zero-order valence-electron chi connectivity index (χ0n) is 14.7. The van der Waals surface area contributed by atoms with Gasteiger partial charge in [-0.2, -0.15) is 0 Å².